The van der Waals surface area contributed by atoms with Crippen LogP contribution in [0.25, 0.3) is 16.9 Å². The number of amides is 1. The van der Waals surface area contributed by atoms with Crippen molar-refractivity contribution in [1.82, 2.24) is 9.88 Å². The monoisotopic (exact) mass is 484 g/mol. The number of hydrogen-bond donors (Lipinski definition) is 1. The molecule has 1 aliphatic carbocycles. The van der Waals surface area contributed by atoms with Crippen LogP contribution in [0.4, 0.5) is 0 Å². The first-order valence-corrected chi connectivity index (χ1v) is 12.5. The molecule has 1 aromatic heterocycles. The van der Waals surface area contributed by atoms with Crippen LogP contribution in [0.15, 0.2) is 84.9 Å². The second kappa shape index (κ2) is 10.4. The van der Waals surface area contributed by atoms with Crippen molar-refractivity contribution < 1.29 is 9.53 Å². The molecule has 0 saturated carbocycles. The number of nitrogens with one attached hydrogen (secondary N) is 1. The lowest BCUT2D eigenvalue weighted by Gasteiger charge is -2.26. The highest BCUT2D eigenvalue weighted by molar-refractivity contribution is 6.30. The lowest BCUT2D eigenvalue weighted by Crippen LogP contribution is -2.31. The Morgan fingerprint density at radius 1 is 1.00 bits per heavy atom. The standard InChI is InChI=1S/C30H29ClN2O2/c1-35-26-17-13-24(14-18-26)33-25(15-19-29(33)22-9-11-23(31)12-10-22)16-20-30(34)32-28-8-4-6-21-5-2-3-7-27(21)28/h2-3,5,7,9-15,17-19,28H,4,6,8,16,20H2,1H3,(H,32,34)/t28-/m1/s1. The van der Waals surface area contributed by atoms with E-state index in [1.165, 1.54) is 11.1 Å². The number of carbonyl (C=O) groups excluding carboxylic acids is 1. The molecule has 0 aliphatic heterocycles. The van der Waals surface area contributed by atoms with Gasteiger partial charge in [-0.1, -0.05) is 48.0 Å². The van der Waals surface area contributed by atoms with Crippen LogP contribution in [0.3, 0.4) is 0 Å². The molecule has 1 N–H and O–H groups in total. The zero-order valence-corrected chi connectivity index (χ0v) is 20.6. The van der Waals surface area contributed by atoms with E-state index in [1.807, 2.05) is 48.5 Å². The Labute approximate surface area is 211 Å². The van der Waals surface area contributed by atoms with Crippen molar-refractivity contribution in [2.45, 2.75) is 38.1 Å². The molecular weight excluding hydrogens is 456 g/mol. The summed E-state index contributed by atoms with van der Waals surface area (Å²) in [6.45, 7) is 0. The number of ether oxygens (including phenoxy) is 1. The number of methoxy groups -OCH3 is 1. The maximum Gasteiger partial charge on any atom is 0.220 e. The van der Waals surface area contributed by atoms with E-state index in [4.69, 9.17) is 16.3 Å². The maximum atomic E-state index is 13.0. The summed E-state index contributed by atoms with van der Waals surface area (Å²) in [6.07, 6.45) is 4.25. The minimum absolute atomic E-state index is 0.0854. The lowest BCUT2D eigenvalue weighted by molar-refractivity contribution is -0.121. The molecule has 1 amide bonds. The molecular formula is C30H29ClN2O2. The van der Waals surface area contributed by atoms with E-state index in [2.05, 4.69) is 46.3 Å². The fraction of sp³-hybridized carbons (Fsp3) is 0.233. The first-order chi connectivity index (χ1) is 17.1. The van der Waals surface area contributed by atoms with Gasteiger partial charge in [-0.2, -0.15) is 0 Å². The molecule has 3 aromatic carbocycles. The summed E-state index contributed by atoms with van der Waals surface area (Å²) in [7, 11) is 1.67. The quantitative estimate of drug-likeness (QED) is 0.309. The molecule has 0 unspecified atom stereocenters. The van der Waals surface area contributed by atoms with Gasteiger partial charge in [0.1, 0.15) is 5.75 Å². The Morgan fingerprint density at radius 3 is 2.54 bits per heavy atom. The molecule has 5 heteroatoms. The third-order valence-electron chi connectivity index (χ3n) is 6.75. The third kappa shape index (κ3) is 5.13. The van der Waals surface area contributed by atoms with Gasteiger partial charge in [0, 0.05) is 22.8 Å². The minimum Gasteiger partial charge on any atom is -0.497 e. The van der Waals surface area contributed by atoms with Crippen LogP contribution in [0.2, 0.25) is 5.02 Å². The van der Waals surface area contributed by atoms with Crippen LogP contribution in [0, 0.1) is 0 Å². The van der Waals surface area contributed by atoms with Crippen LogP contribution >= 0.6 is 11.6 Å². The molecule has 0 saturated heterocycles. The van der Waals surface area contributed by atoms with Gasteiger partial charge < -0.3 is 14.6 Å². The molecule has 178 valence electrons. The van der Waals surface area contributed by atoms with Crippen molar-refractivity contribution in [2.24, 2.45) is 0 Å². The number of aryl methyl sites for hydroxylation is 2. The summed E-state index contributed by atoms with van der Waals surface area (Å²) in [5.74, 6) is 0.893. The Hall–Kier alpha value is -3.50. The number of benzene rings is 3. The van der Waals surface area contributed by atoms with E-state index in [9.17, 15) is 4.79 Å². The van der Waals surface area contributed by atoms with Gasteiger partial charge in [0.2, 0.25) is 5.91 Å². The smallest absolute Gasteiger partial charge is 0.220 e. The highest BCUT2D eigenvalue weighted by Crippen LogP contribution is 2.31. The SMILES string of the molecule is COc1ccc(-n2c(CCC(=O)N[C@@H]3CCCc4ccccc43)ccc2-c2ccc(Cl)cc2)cc1. The van der Waals surface area contributed by atoms with E-state index in [1.54, 1.807) is 7.11 Å². The van der Waals surface area contributed by atoms with Crippen molar-refractivity contribution in [3.05, 3.63) is 107 Å². The van der Waals surface area contributed by atoms with Gasteiger partial charge in [0.05, 0.1) is 18.8 Å². The molecule has 0 bridgehead atoms. The number of aromatic nitrogens is 1. The predicted molar refractivity (Wildman–Crippen MR) is 141 cm³/mol. The summed E-state index contributed by atoms with van der Waals surface area (Å²) >= 11 is 6.13. The van der Waals surface area contributed by atoms with E-state index in [-0.39, 0.29) is 11.9 Å². The van der Waals surface area contributed by atoms with Crippen molar-refractivity contribution >= 4 is 17.5 Å². The van der Waals surface area contributed by atoms with Crippen LogP contribution < -0.4 is 10.1 Å². The first kappa shape index (κ1) is 23.3. The van der Waals surface area contributed by atoms with Crippen molar-refractivity contribution in [3.63, 3.8) is 0 Å². The normalized spacial score (nSPS) is 14.9. The summed E-state index contributed by atoms with van der Waals surface area (Å²) in [4.78, 5) is 13.0. The van der Waals surface area contributed by atoms with Crippen molar-refractivity contribution in [1.29, 1.82) is 0 Å². The molecule has 4 aromatic rings. The molecule has 1 heterocycles. The van der Waals surface area contributed by atoms with E-state index < -0.39 is 0 Å². The van der Waals surface area contributed by atoms with Crippen molar-refractivity contribution in [2.75, 3.05) is 7.11 Å². The second-order valence-electron chi connectivity index (χ2n) is 8.96. The summed E-state index contributed by atoms with van der Waals surface area (Å²) in [5, 5.41) is 3.99. The zero-order chi connectivity index (χ0) is 24.2. The third-order valence-corrected chi connectivity index (χ3v) is 7.00. The van der Waals surface area contributed by atoms with Crippen LogP contribution in [-0.2, 0) is 17.6 Å². The average molecular weight is 485 g/mol. The van der Waals surface area contributed by atoms with E-state index in [0.717, 1.165) is 47.7 Å². The average Bonchev–Trinajstić information content (AvgIpc) is 3.32. The maximum absolute atomic E-state index is 13.0. The summed E-state index contributed by atoms with van der Waals surface area (Å²) in [5.41, 5.74) is 6.85. The number of rotatable bonds is 7. The molecule has 1 atom stereocenters. The highest BCUT2D eigenvalue weighted by Gasteiger charge is 2.21. The predicted octanol–water partition coefficient (Wildman–Crippen LogP) is 6.93. The first-order valence-electron chi connectivity index (χ1n) is 12.1. The van der Waals surface area contributed by atoms with Gasteiger partial charge in [-0.3, -0.25) is 4.79 Å². The Balaban J connectivity index is 1.37. The van der Waals surface area contributed by atoms with E-state index >= 15 is 0 Å². The topological polar surface area (TPSA) is 43.3 Å². The van der Waals surface area contributed by atoms with Crippen LogP contribution in [0.5, 0.6) is 5.75 Å². The molecule has 0 radical (unpaired) electrons. The molecule has 4 nitrogen and oxygen atoms in total. The van der Waals surface area contributed by atoms with Crippen LogP contribution in [-0.4, -0.2) is 17.6 Å². The Kier molecular flexibility index (Phi) is 6.91. The molecule has 5 rings (SSSR count). The van der Waals surface area contributed by atoms with Gasteiger partial charge in [0.15, 0.2) is 0 Å². The summed E-state index contributed by atoms with van der Waals surface area (Å²) < 4.78 is 7.56. The van der Waals surface area contributed by atoms with E-state index in [0.29, 0.717) is 17.9 Å². The molecule has 0 fully saturated rings. The molecule has 0 spiro atoms. The number of hydrogen-bond acceptors (Lipinski definition) is 2. The highest BCUT2D eigenvalue weighted by atomic mass is 35.5. The largest absolute Gasteiger partial charge is 0.497 e. The zero-order valence-electron chi connectivity index (χ0n) is 19.8. The number of carbonyl (C=O) groups is 1. The lowest BCUT2D eigenvalue weighted by atomic mass is 9.87. The van der Waals surface area contributed by atoms with Gasteiger partial charge in [-0.15, -0.1) is 0 Å². The second-order valence-corrected chi connectivity index (χ2v) is 9.40. The number of nitrogens with zero attached hydrogens (tertiary/aromatic N) is 1. The van der Waals surface area contributed by atoms with Crippen molar-refractivity contribution in [3.8, 4) is 22.7 Å². The number of halogens is 1. The molecule has 1 aliphatic rings. The minimum atomic E-state index is 0.0854. The fourth-order valence-corrected chi connectivity index (χ4v) is 5.09. The summed E-state index contributed by atoms with van der Waals surface area (Å²) in [6, 6.07) is 28.6. The van der Waals surface area contributed by atoms with Gasteiger partial charge in [-0.05, 0) is 90.9 Å². The van der Waals surface area contributed by atoms with Gasteiger partial charge in [-0.25, -0.2) is 0 Å². The number of fused-ring (bicyclic) bond motifs is 1. The Bertz CT molecular complexity index is 1310. The molecule has 35 heavy (non-hydrogen) atoms. The Morgan fingerprint density at radius 2 is 1.77 bits per heavy atom. The van der Waals surface area contributed by atoms with Crippen LogP contribution in [0.1, 0.15) is 42.1 Å². The van der Waals surface area contributed by atoms with Gasteiger partial charge >= 0.3 is 0 Å². The van der Waals surface area contributed by atoms with Gasteiger partial charge in [0.25, 0.3) is 0 Å². The fourth-order valence-electron chi connectivity index (χ4n) is 4.97.